The lowest BCUT2D eigenvalue weighted by Crippen LogP contribution is -2.43. The Morgan fingerprint density at radius 2 is 1.79 bits per heavy atom. The minimum Gasteiger partial charge on any atom is -0.493 e. The number of nitrogens with one attached hydrogen (secondary N) is 3. The van der Waals surface area contributed by atoms with Gasteiger partial charge < -0.3 is 34.9 Å². The summed E-state index contributed by atoms with van der Waals surface area (Å²) in [5.41, 5.74) is 3.16. The van der Waals surface area contributed by atoms with Crippen LogP contribution in [0.25, 0.3) is 11.1 Å². The number of aryl methyl sites for hydroxylation is 1. The Hall–Kier alpha value is -3.44. The van der Waals surface area contributed by atoms with Crippen molar-refractivity contribution in [2.45, 2.75) is 51.1 Å². The number of ether oxygens (including phenoxy) is 4. The van der Waals surface area contributed by atoms with Gasteiger partial charge in [-0.1, -0.05) is 6.07 Å². The number of rotatable bonds is 12. The zero-order valence-electron chi connectivity index (χ0n) is 25.7. The molecule has 1 aliphatic carbocycles. The first-order valence-electron chi connectivity index (χ1n) is 14.7. The number of anilines is 1. The van der Waals surface area contributed by atoms with Crippen molar-refractivity contribution < 1.29 is 28.5 Å². The zero-order valence-corrected chi connectivity index (χ0v) is 26.5. The summed E-state index contributed by atoms with van der Waals surface area (Å²) >= 11 is 1.65. The number of carbonyl (C=O) groups excluding carboxylic acids is 2. The van der Waals surface area contributed by atoms with Crippen molar-refractivity contribution >= 4 is 29.3 Å². The van der Waals surface area contributed by atoms with Crippen LogP contribution >= 0.6 is 11.8 Å². The molecule has 0 saturated carbocycles. The molecular formula is C32H43N3O7S. The summed E-state index contributed by atoms with van der Waals surface area (Å²) in [7, 11) is 4.69. The van der Waals surface area contributed by atoms with E-state index in [4.69, 9.17) is 18.9 Å². The SMILES string of the molecule is COc1cc2c(c(OC)c1OC)-c1ccc(N[C@@H](CCSC)C(=O)NCC3CCOCC3)c(=O)cc1[C@@H](NC(C)=O)CC2. The minimum absolute atomic E-state index is 0.131. The van der Waals surface area contributed by atoms with Crippen molar-refractivity contribution in [1.29, 1.82) is 0 Å². The number of hydrogen-bond donors (Lipinski definition) is 3. The van der Waals surface area contributed by atoms with Crippen molar-refractivity contribution in [2.75, 3.05) is 58.4 Å². The van der Waals surface area contributed by atoms with E-state index >= 15 is 0 Å². The molecule has 234 valence electrons. The van der Waals surface area contributed by atoms with Crippen molar-refractivity contribution in [3.05, 3.63) is 45.6 Å². The Balaban J connectivity index is 1.77. The molecule has 1 heterocycles. The van der Waals surface area contributed by atoms with Gasteiger partial charge in [-0.15, -0.1) is 0 Å². The van der Waals surface area contributed by atoms with Crippen LogP contribution in [0.5, 0.6) is 17.2 Å². The number of thioether (sulfide) groups is 1. The molecule has 4 rings (SSSR count). The molecule has 3 N–H and O–H groups in total. The molecule has 2 aromatic carbocycles. The number of hydrogen-bond acceptors (Lipinski definition) is 9. The number of carbonyl (C=O) groups is 2. The molecule has 2 aromatic rings. The van der Waals surface area contributed by atoms with E-state index in [-0.39, 0.29) is 17.2 Å². The first kappa shape index (κ1) is 32.5. The smallest absolute Gasteiger partial charge is 0.242 e. The average Bonchev–Trinajstić information content (AvgIpc) is 3.25. The Morgan fingerprint density at radius 1 is 1.05 bits per heavy atom. The molecule has 1 aliphatic heterocycles. The predicted molar refractivity (Wildman–Crippen MR) is 170 cm³/mol. The standard InChI is InChI=1S/C32H43N3O7S/c1-19(36)34-24-8-6-21-16-28(39-2)30(40-3)31(41-4)29(21)22-7-9-25(27(37)17-23(22)24)35-26(12-15-43-5)32(38)33-18-20-10-13-42-14-11-20/h7,9,16-17,20,24,26H,6,8,10-15,18H2,1-5H3,(H,33,38)(H,34,36)(H,35,37)/t24-,26-/m0/s1. The Bertz CT molecular complexity index is 1360. The number of benzene rings is 1. The van der Waals surface area contributed by atoms with Crippen molar-refractivity contribution in [2.24, 2.45) is 5.92 Å². The summed E-state index contributed by atoms with van der Waals surface area (Å²) in [6.45, 7) is 3.48. The lowest BCUT2D eigenvalue weighted by atomic mass is 9.95. The van der Waals surface area contributed by atoms with Gasteiger partial charge in [-0.05, 0) is 84.9 Å². The fraction of sp³-hybridized carbons (Fsp3) is 0.531. The van der Waals surface area contributed by atoms with Gasteiger partial charge in [-0.3, -0.25) is 14.4 Å². The zero-order chi connectivity index (χ0) is 30.9. The number of fused-ring (bicyclic) bond motifs is 3. The third-order valence-electron chi connectivity index (χ3n) is 8.08. The van der Waals surface area contributed by atoms with E-state index < -0.39 is 12.1 Å². The van der Waals surface area contributed by atoms with E-state index in [1.165, 1.54) is 6.92 Å². The van der Waals surface area contributed by atoms with Crippen LogP contribution in [0.4, 0.5) is 5.69 Å². The minimum atomic E-state index is -0.584. The highest BCUT2D eigenvalue weighted by Gasteiger charge is 2.30. The third-order valence-corrected chi connectivity index (χ3v) is 8.72. The van der Waals surface area contributed by atoms with Crippen molar-refractivity contribution in [3.8, 4) is 28.4 Å². The fourth-order valence-electron chi connectivity index (χ4n) is 5.84. The van der Waals surface area contributed by atoms with Crippen LogP contribution in [-0.4, -0.2) is 71.0 Å². The summed E-state index contributed by atoms with van der Waals surface area (Å²) in [5, 5.41) is 9.37. The molecule has 11 heteroatoms. The van der Waals surface area contributed by atoms with Gasteiger partial charge >= 0.3 is 0 Å². The molecular weight excluding hydrogens is 570 g/mol. The maximum atomic E-state index is 13.8. The molecule has 1 fully saturated rings. The second-order valence-corrected chi connectivity index (χ2v) is 11.9. The maximum Gasteiger partial charge on any atom is 0.242 e. The fourth-order valence-corrected chi connectivity index (χ4v) is 6.31. The molecule has 0 spiro atoms. The lowest BCUT2D eigenvalue weighted by molar-refractivity contribution is -0.122. The molecule has 0 bridgehead atoms. The maximum absolute atomic E-state index is 13.8. The molecule has 2 amide bonds. The van der Waals surface area contributed by atoms with Crippen LogP contribution in [-0.2, 0) is 20.7 Å². The number of amides is 2. The van der Waals surface area contributed by atoms with Crippen LogP contribution in [0.2, 0.25) is 0 Å². The largest absolute Gasteiger partial charge is 0.493 e. The highest BCUT2D eigenvalue weighted by Crippen LogP contribution is 2.50. The third kappa shape index (κ3) is 7.75. The summed E-state index contributed by atoms with van der Waals surface area (Å²) < 4.78 is 22.6. The van der Waals surface area contributed by atoms with Gasteiger partial charge in [0.2, 0.25) is 23.0 Å². The molecule has 0 radical (unpaired) electrons. The second kappa shape index (κ2) is 15.3. The van der Waals surface area contributed by atoms with E-state index in [9.17, 15) is 14.4 Å². The van der Waals surface area contributed by atoms with Crippen LogP contribution in [0.3, 0.4) is 0 Å². The Labute approximate surface area is 257 Å². The molecule has 2 aliphatic rings. The van der Waals surface area contributed by atoms with Gasteiger partial charge in [0.25, 0.3) is 0 Å². The average molecular weight is 614 g/mol. The monoisotopic (exact) mass is 613 g/mol. The highest BCUT2D eigenvalue weighted by atomic mass is 32.2. The van der Waals surface area contributed by atoms with Gasteiger partial charge in [0, 0.05) is 32.2 Å². The van der Waals surface area contributed by atoms with Gasteiger partial charge in [0.1, 0.15) is 6.04 Å². The van der Waals surface area contributed by atoms with E-state index in [0.717, 1.165) is 35.3 Å². The summed E-state index contributed by atoms with van der Waals surface area (Å²) in [6.07, 6.45) is 5.57. The summed E-state index contributed by atoms with van der Waals surface area (Å²) in [5.74, 6) is 2.28. The molecule has 43 heavy (non-hydrogen) atoms. The first-order valence-corrected chi connectivity index (χ1v) is 16.1. The normalized spacial score (nSPS) is 17.0. The van der Waals surface area contributed by atoms with E-state index in [2.05, 4.69) is 16.0 Å². The second-order valence-electron chi connectivity index (χ2n) is 10.9. The predicted octanol–water partition coefficient (Wildman–Crippen LogP) is 3.94. The summed E-state index contributed by atoms with van der Waals surface area (Å²) in [4.78, 5) is 39.3. The Kier molecular flexibility index (Phi) is 11.6. The van der Waals surface area contributed by atoms with Gasteiger partial charge in [0.05, 0.1) is 33.1 Å². The molecule has 10 nitrogen and oxygen atoms in total. The van der Waals surface area contributed by atoms with Crippen molar-refractivity contribution in [1.82, 2.24) is 10.6 Å². The van der Waals surface area contributed by atoms with Crippen LogP contribution in [0, 0.1) is 5.92 Å². The first-order chi connectivity index (χ1) is 20.8. The Morgan fingerprint density at radius 3 is 2.44 bits per heavy atom. The molecule has 0 unspecified atom stereocenters. The van der Waals surface area contributed by atoms with Crippen LogP contribution in [0.1, 0.15) is 49.8 Å². The quantitative estimate of drug-likeness (QED) is 0.327. The van der Waals surface area contributed by atoms with E-state index in [1.807, 2.05) is 18.4 Å². The van der Waals surface area contributed by atoms with Crippen LogP contribution < -0.4 is 35.6 Å². The van der Waals surface area contributed by atoms with Gasteiger partial charge in [-0.25, -0.2) is 0 Å². The molecule has 1 saturated heterocycles. The van der Waals surface area contributed by atoms with Gasteiger partial charge in [-0.2, -0.15) is 11.8 Å². The highest BCUT2D eigenvalue weighted by molar-refractivity contribution is 7.98. The lowest BCUT2D eigenvalue weighted by Gasteiger charge is -2.24. The summed E-state index contributed by atoms with van der Waals surface area (Å²) in [6, 6.07) is 6.06. The van der Waals surface area contributed by atoms with Crippen LogP contribution in [0.15, 0.2) is 29.1 Å². The van der Waals surface area contributed by atoms with Gasteiger partial charge in [0.15, 0.2) is 11.5 Å². The number of methoxy groups -OCH3 is 3. The van der Waals surface area contributed by atoms with Crippen molar-refractivity contribution in [3.63, 3.8) is 0 Å². The molecule has 0 aromatic heterocycles. The molecule has 2 atom stereocenters. The topological polar surface area (TPSA) is 124 Å². The van der Waals surface area contributed by atoms with E-state index in [0.29, 0.717) is 73.4 Å². The van der Waals surface area contributed by atoms with E-state index in [1.54, 1.807) is 45.2 Å².